The number of aryl methyl sites for hydroxylation is 2. The molecule has 1 amide bonds. The van der Waals surface area contributed by atoms with Gasteiger partial charge in [-0.3, -0.25) is 4.79 Å². The number of para-hydroxylation sites is 1. The largest absolute Gasteiger partial charge is 0.343 e. The lowest BCUT2D eigenvalue weighted by molar-refractivity contribution is -0.130. The maximum Gasteiger partial charge on any atom is 0.223 e. The predicted molar refractivity (Wildman–Crippen MR) is 136 cm³/mol. The minimum Gasteiger partial charge on any atom is -0.343 e. The first-order chi connectivity index (χ1) is 16.5. The molecule has 1 atom stereocenters. The Balaban J connectivity index is 1.60. The monoisotopic (exact) mass is 454 g/mol. The summed E-state index contributed by atoms with van der Waals surface area (Å²) in [6.07, 6.45) is 4.50. The molecule has 3 nitrogen and oxygen atoms in total. The van der Waals surface area contributed by atoms with E-state index in [4.69, 9.17) is 0 Å². The smallest absolute Gasteiger partial charge is 0.223 e. The highest BCUT2D eigenvalue weighted by molar-refractivity contribution is 5.87. The molecule has 1 aliphatic rings. The molecule has 1 fully saturated rings. The van der Waals surface area contributed by atoms with Crippen molar-refractivity contribution in [2.45, 2.75) is 45.6 Å². The lowest BCUT2D eigenvalue weighted by atomic mass is 9.86. The second kappa shape index (κ2) is 9.46. The van der Waals surface area contributed by atoms with Gasteiger partial charge in [-0.05, 0) is 55.5 Å². The normalized spacial score (nSPS) is 14.6. The maximum atomic E-state index is 15.2. The Morgan fingerprint density at radius 2 is 1.62 bits per heavy atom. The van der Waals surface area contributed by atoms with E-state index in [9.17, 15) is 4.79 Å². The lowest BCUT2D eigenvalue weighted by Gasteiger charge is -2.22. The molecular weight excluding hydrogens is 423 g/mol. The molecule has 3 aromatic carbocycles. The number of rotatable bonds is 6. The van der Waals surface area contributed by atoms with Crippen LogP contribution in [0.15, 0.2) is 72.9 Å². The van der Waals surface area contributed by atoms with Crippen LogP contribution in [0.2, 0.25) is 0 Å². The predicted octanol–water partition coefficient (Wildman–Crippen LogP) is 6.59. The van der Waals surface area contributed by atoms with Crippen LogP contribution in [0.5, 0.6) is 0 Å². The Morgan fingerprint density at radius 1 is 0.912 bits per heavy atom. The van der Waals surface area contributed by atoms with Crippen molar-refractivity contribution in [1.29, 1.82) is 0 Å². The molecule has 0 unspecified atom stereocenters. The summed E-state index contributed by atoms with van der Waals surface area (Å²) in [7, 11) is 0. The molecule has 1 saturated heterocycles. The van der Waals surface area contributed by atoms with E-state index in [-0.39, 0.29) is 24.1 Å². The molecule has 0 radical (unpaired) electrons. The molecule has 34 heavy (non-hydrogen) atoms. The summed E-state index contributed by atoms with van der Waals surface area (Å²) >= 11 is 0. The third-order valence-electron chi connectivity index (χ3n) is 7.03. The van der Waals surface area contributed by atoms with E-state index >= 15 is 4.39 Å². The highest BCUT2D eigenvalue weighted by atomic mass is 19.1. The van der Waals surface area contributed by atoms with Crippen molar-refractivity contribution in [3.63, 3.8) is 0 Å². The topological polar surface area (TPSA) is 25.2 Å². The van der Waals surface area contributed by atoms with Gasteiger partial charge >= 0.3 is 0 Å². The molecule has 1 aromatic heterocycles. The molecular formula is C30H31FN2O. The molecule has 0 N–H and O–H groups in total. The minimum absolute atomic E-state index is 0.110. The molecule has 0 saturated carbocycles. The van der Waals surface area contributed by atoms with Crippen molar-refractivity contribution >= 4 is 16.8 Å². The van der Waals surface area contributed by atoms with E-state index in [2.05, 4.69) is 54.1 Å². The Bertz CT molecular complexity index is 1320. The van der Waals surface area contributed by atoms with Crippen molar-refractivity contribution in [1.82, 2.24) is 9.47 Å². The number of carbonyl (C=O) groups is 1. The van der Waals surface area contributed by atoms with E-state index in [1.54, 1.807) is 6.07 Å². The number of likely N-dealkylation sites (tertiary alicyclic amines) is 1. The summed E-state index contributed by atoms with van der Waals surface area (Å²) in [4.78, 5) is 15.2. The van der Waals surface area contributed by atoms with Gasteiger partial charge in [-0.15, -0.1) is 0 Å². The number of nitrogens with zero attached hydrogens (tertiary/aromatic N) is 2. The number of hydrogen-bond donors (Lipinski definition) is 0. The average molecular weight is 455 g/mol. The Morgan fingerprint density at radius 3 is 2.38 bits per heavy atom. The zero-order valence-electron chi connectivity index (χ0n) is 19.9. The summed E-state index contributed by atoms with van der Waals surface area (Å²) in [5.41, 5.74) is 6.16. The number of carbonyl (C=O) groups excluding carboxylic acids is 1. The van der Waals surface area contributed by atoms with Crippen LogP contribution in [0.25, 0.3) is 10.9 Å². The fourth-order valence-electron chi connectivity index (χ4n) is 5.16. The van der Waals surface area contributed by atoms with E-state index in [0.717, 1.165) is 54.5 Å². The van der Waals surface area contributed by atoms with Gasteiger partial charge in [-0.25, -0.2) is 4.39 Å². The first-order valence-corrected chi connectivity index (χ1v) is 12.2. The van der Waals surface area contributed by atoms with Gasteiger partial charge in [0.05, 0.1) is 0 Å². The number of fused-ring (bicyclic) bond motifs is 1. The zero-order chi connectivity index (χ0) is 23.7. The molecule has 2 heterocycles. The molecule has 0 spiro atoms. The molecule has 0 aliphatic carbocycles. The molecule has 174 valence electrons. The Labute approximate surface area is 200 Å². The Kier molecular flexibility index (Phi) is 6.23. The van der Waals surface area contributed by atoms with E-state index in [1.165, 1.54) is 17.2 Å². The van der Waals surface area contributed by atoms with Gasteiger partial charge in [-0.2, -0.15) is 0 Å². The molecule has 4 aromatic rings. The fraction of sp³-hybridized carbons (Fsp3) is 0.300. The van der Waals surface area contributed by atoms with Crippen LogP contribution in [-0.4, -0.2) is 28.5 Å². The van der Waals surface area contributed by atoms with Crippen LogP contribution >= 0.6 is 0 Å². The highest BCUT2D eigenvalue weighted by Gasteiger charge is 2.28. The number of aromatic nitrogens is 1. The number of halogens is 1. The molecule has 5 rings (SSSR count). The number of amides is 1. The van der Waals surface area contributed by atoms with Crippen molar-refractivity contribution in [2.24, 2.45) is 0 Å². The summed E-state index contributed by atoms with van der Waals surface area (Å²) in [6, 6.07) is 22.0. The number of benzene rings is 3. The molecule has 0 bridgehead atoms. The summed E-state index contributed by atoms with van der Waals surface area (Å²) in [5.74, 6) is -0.476. The first-order valence-electron chi connectivity index (χ1n) is 12.2. The van der Waals surface area contributed by atoms with Crippen molar-refractivity contribution in [2.75, 3.05) is 13.1 Å². The zero-order valence-corrected chi connectivity index (χ0v) is 19.9. The van der Waals surface area contributed by atoms with Gasteiger partial charge in [0.25, 0.3) is 0 Å². The fourth-order valence-corrected chi connectivity index (χ4v) is 5.16. The van der Waals surface area contributed by atoms with Gasteiger partial charge in [0, 0.05) is 49.1 Å². The number of hydrogen-bond acceptors (Lipinski definition) is 1. The lowest BCUT2D eigenvalue weighted by Crippen LogP contribution is -2.29. The summed E-state index contributed by atoms with van der Waals surface area (Å²) in [6.45, 7) is 6.40. The van der Waals surface area contributed by atoms with E-state index in [1.807, 2.05) is 30.0 Å². The van der Waals surface area contributed by atoms with E-state index < -0.39 is 0 Å². The first kappa shape index (κ1) is 22.4. The van der Waals surface area contributed by atoms with Crippen LogP contribution in [0.4, 0.5) is 4.39 Å². The van der Waals surface area contributed by atoms with Gasteiger partial charge in [0.1, 0.15) is 5.82 Å². The third-order valence-corrected chi connectivity index (χ3v) is 7.03. The van der Waals surface area contributed by atoms with Crippen LogP contribution < -0.4 is 0 Å². The van der Waals surface area contributed by atoms with Crippen LogP contribution in [-0.2, 0) is 11.3 Å². The standard InChI is InChI=1S/C30H31FN2O/c1-21-9-12-23(13-10-21)19-33-20-27(24-7-3-4-8-29(24)33)25(18-30(34)32-15-5-6-16-32)26-17-22(2)11-14-28(26)31/h3-4,7-14,17,20,25H,5-6,15-16,18-19H2,1-2H3/t25-/m1/s1. The van der Waals surface area contributed by atoms with Crippen LogP contribution in [0, 0.1) is 19.7 Å². The SMILES string of the molecule is Cc1ccc(Cn2cc([C@H](CC(=O)N3CCCC3)c3cc(C)ccc3F)c3ccccc32)cc1. The summed E-state index contributed by atoms with van der Waals surface area (Å²) < 4.78 is 17.4. The highest BCUT2D eigenvalue weighted by Crippen LogP contribution is 2.37. The molecule has 1 aliphatic heterocycles. The van der Waals surface area contributed by atoms with Crippen molar-refractivity contribution in [3.05, 3.63) is 107 Å². The summed E-state index contributed by atoms with van der Waals surface area (Å²) in [5, 5.41) is 1.08. The third kappa shape index (κ3) is 4.50. The molecule has 4 heteroatoms. The average Bonchev–Trinajstić information content (AvgIpc) is 3.50. The quantitative estimate of drug-likeness (QED) is 0.323. The maximum absolute atomic E-state index is 15.2. The van der Waals surface area contributed by atoms with Gasteiger partial charge < -0.3 is 9.47 Å². The van der Waals surface area contributed by atoms with Gasteiger partial charge in [-0.1, -0.05) is 65.7 Å². The van der Waals surface area contributed by atoms with Gasteiger partial charge in [0.2, 0.25) is 5.91 Å². The van der Waals surface area contributed by atoms with Crippen LogP contribution in [0.3, 0.4) is 0 Å². The Hall–Kier alpha value is -3.40. The van der Waals surface area contributed by atoms with Gasteiger partial charge in [0.15, 0.2) is 0 Å². The second-order valence-corrected chi connectivity index (χ2v) is 9.58. The van der Waals surface area contributed by atoms with E-state index in [0.29, 0.717) is 5.56 Å². The van der Waals surface area contributed by atoms with Crippen molar-refractivity contribution < 1.29 is 9.18 Å². The van der Waals surface area contributed by atoms with Crippen LogP contribution in [0.1, 0.15) is 53.0 Å². The van der Waals surface area contributed by atoms with Crippen molar-refractivity contribution in [3.8, 4) is 0 Å². The minimum atomic E-state index is -0.336. The second-order valence-electron chi connectivity index (χ2n) is 9.58.